The van der Waals surface area contributed by atoms with Crippen LogP contribution in [0.4, 0.5) is 8.78 Å². The number of benzene rings is 1. The van der Waals surface area contributed by atoms with Crippen LogP contribution < -0.4 is 5.73 Å². The van der Waals surface area contributed by atoms with E-state index in [0.29, 0.717) is 18.2 Å². The zero-order valence-corrected chi connectivity index (χ0v) is 10.3. The molecule has 1 atom stereocenters. The second kappa shape index (κ2) is 6.63. The molecule has 98 valence electrons. The highest BCUT2D eigenvalue weighted by molar-refractivity contribution is 7.85. The summed E-state index contributed by atoms with van der Waals surface area (Å²) in [5, 5.41) is 0. The zero-order chi connectivity index (χ0) is 13.6. The molecule has 0 radical (unpaired) electrons. The Morgan fingerprint density at radius 2 is 1.88 bits per heavy atom. The topological polar surface area (TPSA) is 80.4 Å². The Morgan fingerprint density at radius 3 is 2.29 bits per heavy atom. The molecule has 1 rings (SSSR count). The van der Waals surface area contributed by atoms with Gasteiger partial charge in [0.2, 0.25) is 0 Å². The van der Waals surface area contributed by atoms with Gasteiger partial charge in [-0.2, -0.15) is 8.42 Å². The quantitative estimate of drug-likeness (QED) is 0.793. The third-order valence-corrected chi connectivity index (χ3v) is 1.55. The SMILES string of the molecule is CS(=O)(=O)O.C[C@H](N)Cc1cc(F)ccc1F. The van der Waals surface area contributed by atoms with Crippen molar-refractivity contribution in [2.24, 2.45) is 5.73 Å². The molecule has 0 saturated carbocycles. The van der Waals surface area contributed by atoms with Gasteiger partial charge >= 0.3 is 0 Å². The molecule has 0 aliphatic heterocycles. The third kappa shape index (κ3) is 9.86. The first-order valence-corrected chi connectivity index (χ1v) is 6.56. The van der Waals surface area contributed by atoms with Crippen molar-refractivity contribution in [2.45, 2.75) is 19.4 Å². The van der Waals surface area contributed by atoms with Crippen LogP contribution in [0.15, 0.2) is 18.2 Å². The molecule has 0 spiro atoms. The van der Waals surface area contributed by atoms with Crippen LogP contribution in [0.25, 0.3) is 0 Å². The number of nitrogens with two attached hydrogens (primary N) is 1. The molecule has 0 aromatic heterocycles. The summed E-state index contributed by atoms with van der Waals surface area (Å²) in [7, 11) is -3.67. The molecule has 0 bridgehead atoms. The summed E-state index contributed by atoms with van der Waals surface area (Å²) >= 11 is 0. The standard InChI is InChI=1S/C9H11F2N.CH4O3S/c1-6(12)4-7-5-8(10)2-3-9(7)11;1-5(2,3)4/h2-3,5-6H,4,12H2,1H3;1H3,(H,2,3,4)/t6-;/m0./s1. The highest BCUT2D eigenvalue weighted by Gasteiger charge is 2.05. The van der Waals surface area contributed by atoms with Gasteiger partial charge in [0.1, 0.15) is 11.6 Å². The first-order valence-electron chi connectivity index (χ1n) is 4.71. The van der Waals surface area contributed by atoms with Crippen LogP contribution in [0.2, 0.25) is 0 Å². The van der Waals surface area contributed by atoms with Crippen molar-refractivity contribution in [1.82, 2.24) is 0 Å². The Morgan fingerprint density at radius 1 is 1.41 bits per heavy atom. The van der Waals surface area contributed by atoms with Gasteiger partial charge in [-0.1, -0.05) is 0 Å². The monoisotopic (exact) mass is 267 g/mol. The lowest BCUT2D eigenvalue weighted by atomic mass is 10.1. The van der Waals surface area contributed by atoms with Crippen molar-refractivity contribution < 1.29 is 21.8 Å². The summed E-state index contributed by atoms with van der Waals surface area (Å²) in [5.41, 5.74) is 5.79. The molecule has 0 saturated heterocycles. The molecule has 0 heterocycles. The van der Waals surface area contributed by atoms with Crippen LogP contribution in [0.1, 0.15) is 12.5 Å². The van der Waals surface area contributed by atoms with Gasteiger partial charge in [-0.15, -0.1) is 0 Å². The molecular formula is C10H15F2NO3S. The third-order valence-electron chi connectivity index (χ3n) is 1.55. The molecule has 0 aliphatic carbocycles. The Bertz CT molecular complexity index is 453. The van der Waals surface area contributed by atoms with E-state index in [1.807, 2.05) is 0 Å². The van der Waals surface area contributed by atoms with E-state index in [-0.39, 0.29) is 6.04 Å². The molecule has 0 fully saturated rings. The van der Waals surface area contributed by atoms with Crippen molar-refractivity contribution in [2.75, 3.05) is 6.26 Å². The van der Waals surface area contributed by atoms with Crippen LogP contribution >= 0.6 is 0 Å². The molecule has 0 aliphatic rings. The zero-order valence-electron chi connectivity index (χ0n) is 9.52. The summed E-state index contributed by atoms with van der Waals surface area (Å²) in [6.45, 7) is 1.75. The second-order valence-corrected chi connectivity index (χ2v) is 5.12. The molecule has 1 aromatic carbocycles. The van der Waals surface area contributed by atoms with Gasteiger partial charge in [-0.3, -0.25) is 4.55 Å². The molecule has 7 heteroatoms. The van der Waals surface area contributed by atoms with Gasteiger partial charge in [0.25, 0.3) is 10.1 Å². The predicted octanol–water partition coefficient (Wildman–Crippen LogP) is 1.36. The minimum atomic E-state index is -3.67. The number of rotatable bonds is 2. The van der Waals surface area contributed by atoms with E-state index in [0.717, 1.165) is 12.1 Å². The molecule has 17 heavy (non-hydrogen) atoms. The second-order valence-electron chi connectivity index (χ2n) is 3.65. The molecule has 4 nitrogen and oxygen atoms in total. The fourth-order valence-electron chi connectivity index (χ4n) is 1.05. The van der Waals surface area contributed by atoms with E-state index in [2.05, 4.69) is 0 Å². The summed E-state index contributed by atoms with van der Waals surface area (Å²) in [6, 6.07) is 3.24. The van der Waals surface area contributed by atoms with Crippen molar-refractivity contribution in [3.8, 4) is 0 Å². The van der Waals surface area contributed by atoms with Crippen molar-refractivity contribution in [3.05, 3.63) is 35.4 Å². The maximum absolute atomic E-state index is 12.9. The highest BCUT2D eigenvalue weighted by atomic mass is 32.2. The Kier molecular flexibility index (Phi) is 6.22. The summed E-state index contributed by atoms with van der Waals surface area (Å²) < 4.78 is 51.4. The molecule has 0 amide bonds. The fourth-order valence-corrected chi connectivity index (χ4v) is 1.05. The van der Waals surface area contributed by atoms with Gasteiger partial charge in [-0.25, -0.2) is 8.78 Å². The van der Waals surface area contributed by atoms with Crippen LogP contribution in [0.3, 0.4) is 0 Å². The number of hydrogen-bond donors (Lipinski definition) is 2. The van der Waals surface area contributed by atoms with Crippen LogP contribution in [0.5, 0.6) is 0 Å². The van der Waals surface area contributed by atoms with Gasteiger partial charge in [-0.05, 0) is 37.1 Å². The lowest BCUT2D eigenvalue weighted by Crippen LogP contribution is -2.18. The predicted molar refractivity (Wildman–Crippen MR) is 61.2 cm³/mol. The largest absolute Gasteiger partial charge is 0.328 e. The van der Waals surface area contributed by atoms with Crippen LogP contribution in [0, 0.1) is 11.6 Å². The minimum absolute atomic E-state index is 0.152. The average Bonchev–Trinajstić information content (AvgIpc) is 2.07. The van der Waals surface area contributed by atoms with Crippen molar-refractivity contribution in [1.29, 1.82) is 0 Å². The van der Waals surface area contributed by atoms with E-state index in [1.54, 1.807) is 6.92 Å². The molecule has 1 aromatic rings. The number of halogens is 2. The summed E-state index contributed by atoms with van der Waals surface area (Å²) in [5.74, 6) is -0.819. The normalized spacial score (nSPS) is 12.6. The molecule has 0 unspecified atom stereocenters. The summed E-state index contributed by atoms with van der Waals surface area (Å²) in [6.07, 6.45) is 1.08. The highest BCUT2D eigenvalue weighted by Crippen LogP contribution is 2.10. The van der Waals surface area contributed by atoms with Crippen LogP contribution in [-0.2, 0) is 16.5 Å². The molecule has 3 N–H and O–H groups in total. The Hall–Kier alpha value is -1.05. The fraction of sp³-hybridized carbons (Fsp3) is 0.400. The van der Waals surface area contributed by atoms with Crippen molar-refractivity contribution >= 4 is 10.1 Å². The van der Waals surface area contributed by atoms with E-state index in [1.165, 1.54) is 6.07 Å². The van der Waals surface area contributed by atoms with Gasteiger partial charge in [0.15, 0.2) is 0 Å². The summed E-state index contributed by atoms with van der Waals surface area (Å²) in [4.78, 5) is 0. The average molecular weight is 267 g/mol. The minimum Gasteiger partial charge on any atom is -0.328 e. The Labute approximate surface area is 99.2 Å². The van der Waals surface area contributed by atoms with E-state index in [4.69, 9.17) is 10.3 Å². The van der Waals surface area contributed by atoms with Crippen LogP contribution in [-0.4, -0.2) is 25.3 Å². The first-order chi connectivity index (χ1) is 7.59. The van der Waals surface area contributed by atoms with Gasteiger partial charge in [0, 0.05) is 6.04 Å². The molecular weight excluding hydrogens is 252 g/mol. The van der Waals surface area contributed by atoms with Gasteiger partial charge in [0.05, 0.1) is 6.26 Å². The van der Waals surface area contributed by atoms with E-state index in [9.17, 15) is 17.2 Å². The maximum atomic E-state index is 12.9. The lowest BCUT2D eigenvalue weighted by Gasteiger charge is -2.05. The number of hydrogen-bond acceptors (Lipinski definition) is 3. The van der Waals surface area contributed by atoms with Crippen molar-refractivity contribution in [3.63, 3.8) is 0 Å². The lowest BCUT2D eigenvalue weighted by molar-refractivity contribution is 0.490. The maximum Gasteiger partial charge on any atom is 0.261 e. The Balaban J connectivity index is 0.000000437. The van der Waals surface area contributed by atoms with E-state index < -0.39 is 21.8 Å². The van der Waals surface area contributed by atoms with Gasteiger partial charge < -0.3 is 5.73 Å². The smallest absolute Gasteiger partial charge is 0.261 e. The van der Waals surface area contributed by atoms with E-state index >= 15 is 0 Å². The first kappa shape index (κ1) is 16.0.